The van der Waals surface area contributed by atoms with E-state index < -0.39 is 36.1 Å². The maximum Gasteiger partial charge on any atom is 0.287 e. The van der Waals surface area contributed by atoms with E-state index in [4.69, 9.17) is 8.83 Å². The van der Waals surface area contributed by atoms with Crippen molar-refractivity contribution < 1.29 is 27.6 Å². The number of rotatable bonds is 8. The highest BCUT2D eigenvalue weighted by molar-refractivity contribution is 6.04. The Morgan fingerprint density at radius 2 is 1.85 bits per heavy atom. The van der Waals surface area contributed by atoms with E-state index in [1.165, 1.54) is 30.5 Å². The lowest BCUT2D eigenvalue weighted by atomic mass is 10.1. The molecule has 2 aromatic heterocycles. The summed E-state index contributed by atoms with van der Waals surface area (Å²) in [5.74, 6) is -1.69. The first-order chi connectivity index (χ1) is 16.4. The smallest absolute Gasteiger partial charge is 0.287 e. The molecule has 9 heteroatoms. The predicted molar refractivity (Wildman–Crippen MR) is 122 cm³/mol. The molecule has 3 amide bonds. The van der Waals surface area contributed by atoms with Gasteiger partial charge in [0.25, 0.3) is 11.8 Å². The highest BCUT2D eigenvalue weighted by Gasteiger charge is 2.37. The molecule has 1 saturated carbocycles. The molecule has 8 nitrogen and oxygen atoms in total. The number of carbonyl (C=O) groups is 3. The van der Waals surface area contributed by atoms with Crippen LogP contribution in [0, 0.1) is 12.7 Å². The van der Waals surface area contributed by atoms with Gasteiger partial charge in [-0.1, -0.05) is 25.0 Å². The zero-order valence-electron chi connectivity index (χ0n) is 18.8. The largest absolute Gasteiger partial charge is 0.464 e. The van der Waals surface area contributed by atoms with E-state index in [-0.39, 0.29) is 23.2 Å². The molecule has 3 aromatic rings. The third-order valence-corrected chi connectivity index (χ3v) is 5.76. The van der Waals surface area contributed by atoms with E-state index in [0.717, 1.165) is 30.6 Å². The number of halogens is 1. The molecule has 2 N–H and O–H groups in total. The minimum Gasteiger partial charge on any atom is -0.464 e. The Morgan fingerprint density at radius 3 is 2.50 bits per heavy atom. The molecule has 0 radical (unpaired) electrons. The Kier molecular flexibility index (Phi) is 7.10. The fraction of sp³-hybridized carbons (Fsp3) is 0.320. The molecule has 0 saturated heterocycles. The maximum absolute atomic E-state index is 14.9. The predicted octanol–water partition coefficient (Wildman–Crippen LogP) is 3.88. The first kappa shape index (κ1) is 23.3. The lowest BCUT2D eigenvalue weighted by Gasteiger charge is -2.31. The second-order valence-electron chi connectivity index (χ2n) is 8.22. The van der Waals surface area contributed by atoms with Crippen LogP contribution in [0.3, 0.4) is 0 Å². The van der Waals surface area contributed by atoms with E-state index in [0.29, 0.717) is 5.76 Å². The third kappa shape index (κ3) is 5.19. The molecule has 1 aromatic carbocycles. The van der Waals surface area contributed by atoms with Crippen LogP contribution in [0.15, 0.2) is 63.6 Å². The summed E-state index contributed by atoms with van der Waals surface area (Å²) in [6, 6.07) is 10.7. The molecule has 0 aliphatic heterocycles. The summed E-state index contributed by atoms with van der Waals surface area (Å²) in [4.78, 5) is 40.2. The van der Waals surface area contributed by atoms with Crippen molar-refractivity contribution in [2.75, 3.05) is 11.4 Å². The number of nitrogens with one attached hydrogen (secondary N) is 2. The van der Waals surface area contributed by atoms with Crippen LogP contribution in [-0.2, 0) is 9.59 Å². The van der Waals surface area contributed by atoms with E-state index in [1.807, 2.05) is 0 Å². The Hall–Kier alpha value is -3.88. The number of aryl methyl sites for hydroxylation is 1. The highest BCUT2D eigenvalue weighted by Crippen LogP contribution is 2.32. The fourth-order valence-electron chi connectivity index (χ4n) is 4.12. The van der Waals surface area contributed by atoms with Crippen LogP contribution in [0.5, 0.6) is 0 Å². The van der Waals surface area contributed by atoms with Crippen molar-refractivity contribution in [2.24, 2.45) is 0 Å². The summed E-state index contributed by atoms with van der Waals surface area (Å²) in [5, 5.41) is 5.45. The van der Waals surface area contributed by atoms with Crippen molar-refractivity contribution in [3.63, 3.8) is 0 Å². The number of benzene rings is 1. The lowest BCUT2D eigenvalue weighted by Crippen LogP contribution is -2.49. The number of para-hydroxylation sites is 1. The van der Waals surface area contributed by atoms with Gasteiger partial charge in [0.1, 0.15) is 17.3 Å². The number of carbonyl (C=O) groups excluding carboxylic acids is 3. The zero-order chi connectivity index (χ0) is 24.1. The highest BCUT2D eigenvalue weighted by atomic mass is 19.1. The summed E-state index contributed by atoms with van der Waals surface area (Å²) in [5.41, 5.74) is -0.0969. The van der Waals surface area contributed by atoms with Crippen LogP contribution in [0.1, 0.15) is 53.8 Å². The number of hydrogen-bond acceptors (Lipinski definition) is 5. The summed E-state index contributed by atoms with van der Waals surface area (Å²) < 4.78 is 25.7. The van der Waals surface area contributed by atoms with Gasteiger partial charge in [0.15, 0.2) is 11.8 Å². The van der Waals surface area contributed by atoms with Gasteiger partial charge in [-0.15, -0.1) is 0 Å². The standard InChI is InChI=1S/C25H26FN3O5/c1-16-12-13-20(34-16)23(25(32)28-17-7-2-3-8-17)29(19-10-5-4-9-18(19)26)22(30)15-27-24(31)21-11-6-14-33-21/h4-6,9-14,17,23H,2-3,7-8,15H2,1H3,(H,27,31)(H,28,32)/t23-/m0/s1. The number of hydrogen-bond donors (Lipinski definition) is 2. The first-order valence-corrected chi connectivity index (χ1v) is 11.2. The van der Waals surface area contributed by atoms with Gasteiger partial charge in [0.2, 0.25) is 5.91 Å². The molecule has 1 aliphatic carbocycles. The molecule has 1 aliphatic rings. The minimum atomic E-state index is -1.26. The van der Waals surface area contributed by atoms with Gasteiger partial charge in [0.05, 0.1) is 18.5 Å². The number of amides is 3. The Bertz CT molecular complexity index is 1150. The van der Waals surface area contributed by atoms with Crippen molar-refractivity contribution in [3.05, 3.63) is 77.9 Å². The molecular weight excluding hydrogens is 441 g/mol. The molecule has 1 fully saturated rings. The number of nitrogens with zero attached hydrogens (tertiary/aromatic N) is 1. The summed E-state index contributed by atoms with van der Waals surface area (Å²) in [7, 11) is 0. The van der Waals surface area contributed by atoms with Crippen LogP contribution < -0.4 is 15.5 Å². The van der Waals surface area contributed by atoms with Crippen LogP contribution in [0.2, 0.25) is 0 Å². The van der Waals surface area contributed by atoms with Crippen molar-refractivity contribution in [3.8, 4) is 0 Å². The van der Waals surface area contributed by atoms with Gasteiger partial charge >= 0.3 is 0 Å². The van der Waals surface area contributed by atoms with Gasteiger partial charge in [0, 0.05) is 6.04 Å². The maximum atomic E-state index is 14.9. The first-order valence-electron chi connectivity index (χ1n) is 11.2. The van der Waals surface area contributed by atoms with E-state index in [1.54, 1.807) is 31.2 Å². The van der Waals surface area contributed by atoms with Gasteiger partial charge in [-0.25, -0.2) is 4.39 Å². The second kappa shape index (κ2) is 10.4. The van der Waals surface area contributed by atoms with Crippen LogP contribution in [0.25, 0.3) is 0 Å². The summed E-state index contributed by atoms with van der Waals surface area (Å²) in [6.45, 7) is 1.23. The quantitative estimate of drug-likeness (QED) is 0.523. The Morgan fingerprint density at radius 1 is 1.09 bits per heavy atom. The summed E-state index contributed by atoms with van der Waals surface area (Å²) >= 11 is 0. The lowest BCUT2D eigenvalue weighted by molar-refractivity contribution is -0.127. The molecule has 0 unspecified atom stereocenters. The normalized spacial score (nSPS) is 14.5. The van der Waals surface area contributed by atoms with Crippen LogP contribution in [0.4, 0.5) is 10.1 Å². The SMILES string of the molecule is Cc1ccc([C@@H](C(=O)NC2CCCC2)N(C(=O)CNC(=O)c2ccco2)c2ccccc2F)o1. The van der Waals surface area contributed by atoms with Crippen molar-refractivity contribution >= 4 is 23.4 Å². The van der Waals surface area contributed by atoms with Crippen LogP contribution in [-0.4, -0.2) is 30.3 Å². The molecule has 0 bridgehead atoms. The number of anilines is 1. The van der Waals surface area contributed by atoms with Gasteiger partial charge in [-0.3, -0.25) is 19.3 Å². The Balaban J connectivity index is 1.67. The van der Waals surface area contributed by atoms with E-state index >= 15 is 0 Å². The zero-order valence-corrected chi connectivity index (χ0v) is 18.8. The van der Waals surface area contributed by atoms with Gasteiger partial charge < -0.3 is 19.5 Å². The minimum absolute atomic E-state index is 0.0257. The molecule has 0 spiro atoms. The molecular formula is C25H26FN3O5. The molecule has 1 atom stereocenters. The van der Waals surface area contributed by atoms with Crippen LogP contribution >= 0.6 is 0 Å². The molecule has 178 valence electrons. The Labute approximate surface area is 196 Å². The van der Waals surface area contributed by atoms with E-state index in [2.05, 4.69) is 10.6 Å². The van der Waals surface area contributed by atoms with E-state index in [9.17, 15) is 18.8 Å². The average molecular weight is 467 g/mol. The summed E-state index contributed by atoms with van der Waals surface area (Å²) in [6.07, 6.45) is 5.02. The van der Waals surface area contributed by atoms with Gasteiger partial charge in [-0.05, 0) is 56.2 Å². The van der Waals surface area contributed by atoms with Crippen molar-refractivity contribution in [1.82, 2.24) is 10.6 Å². The van der Waals surface area contributed by atoms with Crippen molar-refractivity contribution in [1.29, 1.82) is 0 Å². The van der Waals surface area contributed by atoms with Crippen molar-refractivity contribution in [2.45, 2.75) is 44.7 Å². The topological polar surface area (TPSA) is 105 Å². The van der Waals surface area contributed by atoms with Gasteiger partial charge in [-0.2, -0.15) is 0 Å². The molecule has 4 rings (SSSR count). The monoisotopic (exact) mass is 467 g/mol. The third-order valence-electron chi connectivity index (χ3n) is 5.76. The molecule has 34 heavy (non-hydrogen) atoms. The number of furan rings is 2. The fourth-order valence-corrected chi connectivity index (χ4v) is 4.12. The molecule has 2 heterocycles. The second-order valence-corrected chi connectivity index (χ2v) is 8.22. The average Bonchev–Trinajstić information content (AvgIpc) is 3.59.